The van der Waals surface area contributed by atoms with Gasteiger partial charge in [-0.15, -0.1) is 0 Å². The Morgan fingerprint density at radius 3 is 2.94 bits per heavy atom. The fourth-order valence-electron chi connectivity index (χ4n) is 1.68. The molecule has 0 spiro atoms. The third kappa shape index (κ3) is 3.21. The zero-order chi connectivity index (χ0) is 12.1. The smallest absolute Gasteiger partial charge is 0.224 e. The van der Waals surface area contributed by atoms with Crippen LogP contribution in [0.4, 0.5) is 16.2 Å². The molecule has 0 radical (unpaired) electrons. The van der Waals surface area contributed by atoms with E-state index in [1.165, 1.54) is 6.20 Å². The largest absolute Gasteiger partial charge is 0.354 e. The second-order valence-electron chi connectivity index (χ2n) is 3.89. The van der Waals surface area contributed by atoms with E-state index < -0.39 is 0 Å². The average molecular weight is 256 g/mol. The molecule has 1 aromatic rings. The summed E-state index contributed by atoms with van der Waals surface area (Å²) >= 11 is 1.89. The van der Waals surface area contributed by atoms with Crippen LogP contribution in [0.15, 0.2) is 6.20 Å². The number of thioether (sulfide) groups is 1. The van der Waals surface area contributed by atoms with Crippen molar-refractivity contribution in [3.05, 3.63) is 12.0 Å². The van der Waals surface area contributed by atoms with Crippen molar-refractivity contribution in [1.29, 1.82) is 0 Å². The van der Waals surface area contributed by atoms with Crippen molar-refractivity contribution >= 4 is 23.5 Å². The molecule has 2 heterocycles. The summed E-state index contributed by atoms with van der Waals surface area (Å²) in [5.41, 5.74) is 0. The Bertz CT molecular complexity index is 368. The van der Waals surface area contributed by atoms with Gasteiger partial charge >= 0.3 is 0 Å². The third-order valence-electron chi connectivity index (χ3n) is 2.57. The van der Waals surface area contributed by atoms with Gasteiger partial charge in [-0.3, -0.25) is 0 Å². The highest BCUT2D eigenvalue weighted by atomic mass is 32.2. The van der Waals surface area contributed by atoms with Crippen molar-refractivity contribution in [3.63, 3.8) is 0 Å². The molecule has 1 saturated heterocycles. The van der Waals surface area contributed by atoms with Gasteiger partial charge in [0.2, 0.25) is 5.95 Å². The van der Waals surface area contributed by atoms with Crippen LogP contribution < -0.4 is 10.2 Å². The Hall–Kier alpha value is -1.04. The predicted molar refractivity (Wildman–Crippen MR) is 70.3 cm³/mol. The topological polar surface area (TPSA) is 41.1 Å². The van der Waals surface area contributed by atoms with Gasteiger partial charge in [-0.25, -0.2) is 9.37 Å². The summed E-state index contributed by atoms with van der Waals surface area (Å²) in [6.07, 6.45) is 2.25. The van der Waals surface area contributed by atoms with Gasteiger partial charge in [0.1, 0.15) is 0 Å². The number of halogens is 1. The number of nitrogens with zero attached hydrogens (tertiary/aromatic N) is 3. The third-order valence-corrected chi connectivity index (χ3v) is 3.51. The van der Waals surface area contributed by atoms with Crippen molar-refractivity contribution < 1.29 is 4.39 Å². The molecule has 0 aliphatic carbocycles. The zero-order valence-electron chi connectivity index (χ0n) is 9.95. The number of aromatic nitrogens is 2. The number of hydrogen-bond acceptors (Lipinski definition) is 5. The van der Waals surface area contributed by atoms with Gasteiger partial charge in [0.15, 0.2) is 11.6 Å². The lowest BCUT2D eigenvalue weighted by Crippen LogP contribution is -2.34. The summed E-state index contributed by atoms with van der Waals surface area (Å²) in [6, 6.07) is 0. The Kier molecular flexibility index (Phi) is 4.42. The molecule has 0 saturated carbocycles. The van der Waals surface area contributed by atoms with Crippen molar-refractivity contribution in [3.8, 4) is 0 Å². The fraction of sp³-hybridized carbons (Fsp3) is 0.636. The molecule has 0 aromatic carbocycles. The molecular formula is C11H17FN4S. The van der Waals surface area contributed by atoms with Crippen molar-refractivity contribution in [2.45, 2.75) is 13.3 Å². The highest BCUT2D eigenvalue weighted by Crippen LogP contribution is 2.21. The van der Waals surface area contributed by atoms with E-state index in [1.807, 2.05) is 16.7 Å². The minimum absolute atomic E-state index is 0.334. The molecule has 0 amide bonds. The van der Waals surface area contributed by atoms with Gasteiger partial charge in [-0.1, -0.05) is 6.92 Å². The summed E-state index contributed by atoms with van der Waals surface area (Å²) in [7, 11) is 0. The van der Waals surface area contributed by atoms with Gasteiger partial charge in [0.25, 0.3) is 0 Å². The van der Waals surface area contributed by atoms with Crippen LogP contribution in [0.1, 0.15) is 13.3 Å². The minimum Gasteiger partial charge on any atom is -0.354 e. The Morgan fingerprint density at radius 2 is 2.24 bits per heavy atom. The summed E-state index contributed by atoms with van der Waals surface area (Å²) in [5, 5.41) is 3.08. The average Bonchev–Trinajstić information content (AvgIpc) is 2.39. The van der Waals surface area contributed by atoms with Crippen LogP contribution in [0.25, 0.3) is 0 Å². The molecule has 1 fully saturated rings. The maximum Gasteiger partial charge on any atom is 0.224 e. The summed E-state index contributed by atoms with van der Waals surface area (Å²) in [5.74, 6) is 2.67. The van der Waals surface area contributed by atoms with Crippen molar-refractivity contribution in [2.24, 2.45) is 0 Å². The zero-order valence-corrected chi connectivity index (χ0v) is 10.8. The molecular weight excluding hydrogens is 239 g/mol. The lowest BCUT2D eigenvalue weighted by atomic mass is 10.4. The summed E-state index contributed by atoms with van der Waals surface area (Å²) < 4.78 is 13.7. The highest BCUT2D eigenvalue weighted by molar-refractivity contribution is 7.99. The molecule has 0 atom stereocenters. The van der Waals surface area contributed by atoms with E-state index in [0.29, 0.717) is 11.8 Å². The van der Waals surface area contributed by atoms with Crippen molar-refractivity contribution in [2.75, 3.05) is 41.4 Å². The lowest BCUT2D eigenvalue weighted by molar-refractivity contribution is 0.604. The van der Waals surface area contributed by atoms with E-state index in [9.17, 15) is 4.39 Å². The van der Waals surface area contributed by atoms with Crippen LogP contribution in [0, 0.1) is 5.82 Å². The van der Waals surface area contributed by atoms with Gasteiger partial charge in [0.05, 0.1) is 6.20 Å². The molecule has 1 aliphatic rings. The fourth-order valence-corrected chi connectivity index (χ4v) is 2.58. The van der Waals surface area contributed by atoms with Crippen LogP contribution in [0.3, 0.4) is 0 Å². The predicted octanol–water partition coefficient (Wildman–Crippen LogP) is 1.99. The highest BCUT2D eigenvalue weighted by Gasteiger charge is 2.17. The molecule has 1 aromatic heterocycles. The van der Waals surface area contributed by atoms with Gasteiger partial charge < -0.3 is 10.2 Å². The second-order valence-corrected chi connectivity index (χ2v) is 5.12. The molecule has 0 bridgehead atoms. The number of hydrogen-bond donors (Lipinski definition) is 1. The Balaban J connectivity index is 2.13. The Labute approximate surface area is 105 Å². The normalized spacial score (nSPS) is 16.0. The van der Waals surface area contributed by atoms with E-state index in [2.05, 4.69) is 22.2 Å². The molecule has 2 rings (SSSR count). The summed E-state index contributed by atoms with van der Waals surface area (Å²) in [4.78, 5) is 10.2. The van der Waals surface area contributed by atoms with Gasteiger partial charge in [-0.2, -0.15) is 16.7 Å². The minimum atomic E-state index is -0.334. The standard InChI is InChI=1S/C11H17FN4S/c1-2-3-13-11-14-8-9(12)10(15-11)16-4-6-17-7-5-16/h8H,2-7H2,1H3,(H,13,14,15). The first-order valence-corrected chi connectivity index (χ1v) is 7.06. The molecule has 4 nitrogen and oxygen atoms in total. The molecule has 0 unspecified atom stereocenters. The second kappa shape index (κ2) is 6.05. The number of anilines is 2. The Morgan fingerprint density at radius 1 is 1.47 bits per heavy atom. The van der Waals surface area contributed by atoms with Crippen LogP contribution in [0.2, 0.25) is 0 Å². The van der Waals surface area contributed by atoms with Crippen LogP contribution in [0.5, 0.6) is 0 Å². The quantitative estimate of drug-likeness (QED) is 0.892. The van der Waals surface area contributed by atoms with Gasteiger partial charge in [0, 0.05) is 31.1 Å². The summed E-state index contributed by atoms with van der Waals surface area (Å²) in [6.45, 7) is 4.58. The number of nitrogens with one attached hydrogen (secondary N) is 1. The first kappa shape index (κ1) is 12.4. The molecule has 6 heteroatoms. The monoisotopic (exact) mass is 256 g/mol. The van der Waals surface area contributed by atoms with E-state index in [-0.39, 0.29) is 5.82 Å². The van der Waals surface area contributed by atoms with Crippen LogP contribution in [-0.2, 0) is 0 Å². The molecule has 1 N–H and O–H groups in total. The maximum atomic E-state index is 13.7. The van der Waals surface area contributed by atoms with E-state index in [1.54, 1.807) is 0 Å². The first-order chi connectivity index (χ1) is 8.31. The van der Waals surface area contributed by atoms with Crippen LogP contribution in [-0.4, -0.2) is 41.1 Å². The SMILES string of the molecule is CCCNc1ncc(F)c(N2CCSCC2)n1. The molecule has 94 valence electrons. The van der Waals surface area contributed by atoms with Gasteiger partial charge in [-0.05, 0) is 6.42 Å². The molecule has 1 aliphatic heterocycles. The first-order valence-electron chi connectivity index (χ1n) is 5.90. The van der Waals surface area contributed by atoms with E-state index in [4.69, 9.17) is 0 Å². The van der Waals surface area contributed by atoms with E-state index >= 15 is 0 Å². The maximum absolute atomic E-state index is 13.7. The van der Waals surface area contributed by atoms with E-state index in [0.717, 1.165) is 37.6 Å². The molecule has 17 heavy (non-hydrogen) atoms. The lowest BCUT2D eigenvalue weighted by Gasteiger charge is -2.27. The van der Waals surface area contributed by atoms with Crippen LogP contribution >= 0.6 is 11.8 Å². The van der Waals surface area contributed by atoms with Crippen molar-refractivity contribution in [1.82, 2.24) is 9.97 Å². The number of rotatable bonds is 4.